The second kappa shape index (κ2) is 5.64. The van der Waals surface area contributed by atoms with Crippen LogP contribution >= 0.6 is 0 Å². The molecule has 0 unspecified atom stereocenters. The van der Waals surface area contributed by atoms with Gasteiger partial charge in [0, 0.05) is 19.0 Å². The zero-order valence-electron chi connectivity index (χ0n) is 10.9. The highest BCUT2D eigenvalue weighted by Gasteiger charge is 2.27. The molecule has 0 amide bonds. The van der Waals surface area contributed by atoms with Gasteiger partial charge in [0.2, 0.25) is 0 Å². The average molecular weight is 259 g/mol. The summed E-state index contributed by atoms with van der Waals surface area (Å²) >= 11 is 0. The number of aromatic nitrogens is 2. The molecule has 1 rings (SSSR count). The number of H-pyrrole nitrogens is 1. The fraction of sp³-hybridized carbons (Fsp3) is 0.727. The molecule has 0 aliphatic rings. The maximum atomic E-state index is 12.3. The summed E-state index contributed by atoms with van der Waals surface area (Å²) in [4.78, 5) is 6.90. The second-order valence-electron chi connectivity index (χ2n) is 4.26. The van der Waals surface area contributed by atoms with Gasteiger partial charge >= 0.3 is 0 Å². The first-order chi connectivity index (χ1) is 7.93. The van der Waals surface area contributed by atoms with Crippen LogP contribution in [0.15, 0.2) is 11.2 Å². The Bertz CT molecular complexity index is 451. The van der Waals surface area contributed by atoms with Crippen molar-refractivity contribution < 1.29 is 8.42 Å². The van der Waals surface area contributed by atoms with Gasteiger partial charge in [-0.15, -0.1) is 0 Å². The number of aromatic amines is 1. The molecule has 0 aliphatic carbocycles. The van der Waals surface area contributed by atoms with E-state index in [2.05, 4.69) is 9.97 Å². The van der Waals surface area contributed by atoms with Gasteiger partial charge in [0.05, 0.1) is 6.20 Å². The number of sulfonamides is 1. The molecule has 1 aromatic heterocycles. The number of nitrogens with one attached hydrogen (secondary N) is 1. The van der Waals surface area contributed by atoms with E-state index in [1.807, 2.05) is 27.7 Å². The Morgan fingerprint density at radius 2 is 2.06 bits per heavy atom. The third-order valence-corrected chi connectivity index (χ3v) is 4.53. The third kappa shape index (κ3) is 3.07. The molecule has 0 aliphatic heterocycles. The van der Waals surface area contributed by atoms with Crippen molar-refractivity contribution in [2.45, 2.75) is 51.6 Å². The minimum atomic E-state index is -3.44. The topological polar surface area (TPSA) is 66.1 Å². The van der Waals surface area contributed by atoms with Crippen LogP contribution in [-0.4, -0.2) is 35.3 Å². The Labute approximate surface area is 103 Å². The van der Waals surface area contributed by atoms with Crippen LogP contribution in [-0.2, 0) is 16.4 Å². The highest BCUT2D eigenvalue weighted by Crippen LogP contribution is 2.16. The SMILES string of the molecule is CCCN(C(C)C)S(=O)(=O)c1cnc(CC)[nH]1. The molecule has 0 radical (unpaired) electrons. The molecule has 98 valence electrons. The highest BCUT2D eigenvalue weighted by molar-refractivity contribution is 7.89. The largest absolute Gasteiger partial charge is 0.332 e. The monoisotopic (exact) mass is 259 g/mol. The van der Waals surface area contributed by atoms with Gasteiger partial charge in [-0.2, -0.15) is 4.31 Å². The fourth-order valence-corrected chi connectivity index (χ4v) is 3.32. The maximum Gasteiger partial charge on any atom is 0.260 e. The lowest BCUT2D eigenvalue weighted by Gasteiger charge is -2.24. The van der Waals surface area contributed by atoms with Gasteiger partial charge < -0.3 is 4.98 Å². The summed E-state index contributed by atoms with van der Waals surface area (Å²) in [5.41, 5.74) is 0. The van der Waals surface area contributed by atoms with Gasteiger partial charge in [-0.25, -0.2) is 13.4 Å². The number of nitrogens with zero attached hydrogens (tertiary/aromatic N) is 2. The number of hydrogen-bond donors (Lipinski definition) is 1. The highest BCUT2D eigenvalue weighted by atomic mass is 32.2. The summed E-state index contributed by atoms with van der Waals surface area (Å²) in [6.45, 7) is 8.19. The standard InChI is InChI=1S/C11H21N3O2S/c1-5-7-14(9(3)4)17(15,16)11-8-12-10(6-2)13-11/h8-9H,5-7H2,1-4H3,(H,12,13). The summed E-state index contributed by atoms with van der Waals surface area (Å²) in [6, 6.07) is -0.0478. The maximum absolute atomic E-state index is 12.3. The van der Waals surface area contributed by atoms with E-state index in [4.69, 9.17) is 0 Å². The predicted octanol–water partition coefficient (Wildman–Crippen LogP) is 1.78. The molecule has 5 nitrogen and oxygen atoms in total. The number of hydrogen-bond acceptors (Lipinski definition) is 3. The first kappa shape index (κ1) is 14.2. The zero-order chi connectivity index (χ0) is 13.1. The molecule has 0 aromatic carbocycles. The molecular formula is C11H21N3O2S. The lowest BCUT2D eigenvalue weighted by Crippen LogP contribution is -2.37. The van der Waals surface area contributed by atoms with Crippen molar-refractivity contribution in [1.29, 1.82) is 0 Å². The van der Waals surface area contributed by atoms with Gasteiger partial charge in [-0.3, -0.25) is 0 Å². The van der Waals surface area contributed by atoms with Gasteiger partial charge in [0.25, 0.3) is 10.0 Å². The molecule has 1 N–H and O–H groups in total. The summed E-state index contributed by atoms with van der Waals surface area (Å²) < 4.78 is 26.2. The van der Waals surface area contributed by atoms with E-state index >= 15 is 0 Å². The molecule has 0 saturated carbocycles. The first-order valence-corrected chi connectivity index (χ1v) is 7.43. The smallest absolute Gasteiger partial charge is 0.260 e. The van der Waals surface area contributed by atoms with Crippen LogP contribution in [0.5, 0.6) is 0 Å². The summed E-state index contributed by atoms with van der Waals surface area (Å²) in [5.74, 6) is 0.698. The van der Waals surface area contributed by atoms with E-state index in [0.29, 0.717) is 18.8 Å². The van der Waals surface area contributed by atoms with Crippen molar-refractivity contribution in [2.75, 3.05) is 6.54 Å². The van der Waals surface area contributed by atoms with Crippen molar-refractivity contribution in [3.63, 3.8) is 0 Å². The Hall–Kier alpha value is -0.880. The van der Waals surface area contributed by atoms with Crippen molar-refractivity contribution >= 4 is 10.0 Å². The first-order valence-electron chi connectivity index (χ1n) is 5.99. The lowest BCUT2D eigenvalue weighted by molar-refractivity contribution is 0.353. The Morgan fingerprint density at radius 3 is 2.47 bits per heavy atom. The summed E-state index contributed by atoms with van der Waals surface area (Å²) in [7, 11) is -3.44. The molecule has 0 fully saturated rings. The minimum Gasteiger partial charge on any atom is -0.332 e. The van der Waals surface area contributed by atoms with Gasteiger partial charge in [0.1, 0.15) is 5.82 Å². The van der Waals surface area contributed by atoms with Gasteiger partial charge in [0.15, 0.2) is 5.03 Å². The van der Waals surface area contributed by atoms with Crippen LogP contribution in [0.25, 0.3) is 0 Å². The molecular weight excluding hydrogens is 238 g/mol. The molecule has 0 spiro atoms. The predicted molar refractivity (Wildman–Crippen MR) is 67.3 cm³/mol. The van der Waals surface area contributed by atoms with E-state index in [1.54, 1.807) is 0 Å². The van der Waals surface area contributed by atoms with Crippen LogP contribution in [0.2, 0.25) is 0 Å². The Balaban J connectivity index is 3.07. The number of imidazole rings is 1. The molecule has 0 bridgehead atoms. The van der Waals surface area contributed by atoms with Gasteiger partial charge in [-0.1, -0.05) is 13.8 Å². The zero-order valence-corrected chi connectivity index (χ0v) is 11.7. The number of aryl methyl sites for hydroxylation is 1. The summed E-state index contributed by atoms with van der Waals surface area (Å²) in [6.07, 6.45) is 2.90. The van der Waals surface area contributed by atoms with E-state index in [1.165, 1.54) is 10.5 Å². The van der Waals surface area contributed by atoms with Crippen molar-refractivity contribution in [3.8, 4) is 0 Å². The third-order valence-electron chi connectivity index (χ3n) is 2.55. The Kier molecular flexibility index (Phi) is 4.70. The fourth-order valence-electron chi connectivity index (χ4n) is 1.66. The second-order valence-corrected chi connectivity index (χ2v) is 6.12. The molecule has 17 heavy (non-hydrogen) atoms. The average Bonchev–Trinajstić information content (AvgIpc) is 2.74. The van der Waals surface area contributed by atoms with E-state index in [9.17, 15) is 8.42 Å². The molecule has 0 saturated heterocycles. The Morgan fingerprint density at radius 1 is 1.41 bits per heavy atom. The minimum absolute atomic E-state index is 0.0478. The van der Waals surface area contributed by atoms with E-state index < -0.39 is 10.0 Å². The van der Waals surface area contributed by atoms with Crippen LogP contribution in [0.3, 0.4) is 0 Å². The van der Waals surface area contributed by atoms with Gasteiger partial charge in [-0.05, 0) is 20.3 Å². The van der Waals surface area contributed by atoms with Crippen molar-refractivity contribution in [1.82, 2.24) is 14.3 Å². The normalized spacial score (nSPS) is 12.6. The number of rotatable bonds is 6. The molecule has 1 heterocycles. The van der Waals surface area contributed by atoms with Crippen LogP contribution in [0.4, 0.5) is 0 Å². The van der Waals surface area contributed by atoms with E-state index in [-0.39, 0.29) is 11.1 Å². The molecule has 0 atom stereocenters. The van der Waals surface area contributed by atoms with Crippen LogP contribution in [0.1, 0.15) is 39.9 Å². The van der Waals surface area contributed by atoms with E-state index in [0.717, 1.165) is 6.42 Å². The summed E-state index contributed by atoms with van der Waals surface area (Å²) in [5, 5.41) is 0.191. The molecule has 1 aromatic rings. The lowest BCUT2D eigenvalue weighted by atomic mass is 10.4. The van der Waals surface area contributed by atoms with Crippen molar-refractivity contribution in [3.05, 3.63) is 12.0 Å². The van der Waals surface area contributed by atoms with Crippen molar-refractivity contribution in [2.24, 2.45) is 0 Å². The van der Waals surface area contributed by atoms with Crippen LogP contribution in [0, 0.1) is 0 Å². The quantitative estimate of drug-likeness (QED) is 0.847. The van der Waals surface area contributed by atoms with Crippen LogP contribution < -0.4 is 0 Å². The molecule has 6 heteroatoms.